The summed E-state index contributed by atoms with van der Waals surface area (Å²) in [6.07, 6.45) is 0.836. The van der Waals surface area contributed by atoms with Crippen LogP contribution in [0.2, 0.25) is 0 Å². The summed E-state index contributed by atoms with van der Waals surface area (Å²) in [6.45, 7) is 9.47. The molecular weight excluding hydrogens is 450 g/mol. The Balaban J connectivity index is 1.48. The molecule has 5 aromatic rings. The van der Waals surface area contributed by atoms with Crippen molar-refractivity contribution < 1.29 is 4.74 Å². The van der Waals surface area contributed by atoms with Crippen LogP contribution in [0.5, 0.6) is 5.75 Å². The van der Waals surface area contributed by atoms with Gasteiger partial charge in [0.2, 0.25) is 0 Å². The number of hydrogen-bond donors (Lipinski definition) is 1. The van der Waals surface area contributed by atoms with Crippen molar-refractivity contribution in [2.45, 2.75) is 47.3 Å². The SMILES string of the molecule is CCc1nc2c(C)cc(C)nc2n1Cc1ccc2c(c1)OCc1ccccc1/C2=C(\C)c1nnn[nH]1. The third-order valence-electron chi connectivity index (χ3n) is 6.82. The molecule has 1 aliphatic heterocycles. The Kier molecular flexibility index (Phi) is 5.36. The van der Waals surface area contributed by atoms with Gasteiger partial charge in [-0.2, -0.15) is 0 Å². The Morgan fingerprint density at radius 3 is 2.72 bits per heavy atom. The second-order valence-corrected chi connectivity index (χ2v) is 9.25. The fourth-order valence-corrected chi connectivity index (χ4v) is 5.09. The number of aryl methyl sites for hydroxylation is 3. The second-order valence-electron chi connectivity index (χ2n) is 9.25. The van der Waals surface area contributed by atoms with Crippen LogP contribution in [-0.4, -0.2) is 35.2 Å². The number of H-pyrrole nitrogens is 1. The van der Waals surface area contributed by atoms with Crippen LogP contribution in [0, 0.1) is 13.8 Å². The maximum absolute atomic E-state index is 6.38. The first kappa shape index (κ1) is 22.2. The van der Waals surface area contributed by atoms with Gasteiger partial charge in [-0.3, -0.25) is 0 Å². The number of imidazole rings is 1. The summed E-state index contributed by atoms with van der Waals surface area (Å²) in [6, 6.07) is 16.9. The number of tetrazole rings is 1. The average molecular weight is 478 g/mol. The van der Waals surface area contributed by atoms with E-state index in [4.69, 9.17) is 14.7 Å². The minimum atomic E-state index is 0.492. The highest BCUT2D eigenvalue weighted by Gasteiger charge is 2.23. The average Bonchev–Trinajstić information content (AvgIpc) is 3.50. The van der Waals surface area contributed by atoms with Crippen molar-refractivity contribution in [1.29, 1.82) is 0 Å². The van der Waals surface area contributed by atoms with Crippen LogP contribution in [0.15, 0.2) is 48.5 Å². The molecule has 0 spiro atoms. The molecule has 6 rings (SSSR count). The van der Waals surface area contributed by atoms with Gasteiger partial charge in [0, 0.05) is 23.3 Å². The molecule has 3 aromatic heterocycles. The van der Waals surface area contributed by atoms with Gasteiger partial charge in [-0.15, -0.1) is 5.10 Å². The molecule has 0 atom stereocenters. The minimum absolute atomic E-state index is 0.492. The lowest BCUT2D eigenvalue weighted by atomic mass is 9.90. The van der Waals surface area contributed by atoms with Crippen molar-refractivity contribution in [3.8, 4) is 5.75 Å². The molecule has 8 nitrogen and oxygen atoms in total. The van der Waals surface area contributed by atoms with Gasteiger partial charge in [0.15, 0.2) is 11.5 Å². The van der Waals surface area contributed by atoms with E-state index >= 15 is 0 Å². The van der Waals surface area contributed by atoms with Crippen LogP contribution in [0.4, 0.5) is 0 Å². The van der Waals surface area contributed by atoms with Crippen molar-refractivity contribution in [2.75, 3.05) is 0 Å². The quantitative estimate of drug-likeness (QED) is 0.390. The van der Waals surface area contributed by atoms with E-state index in [2.05, 4.69) is 81.5 Å². The molecule has 0 bridgehead atoms. The molecule has 0 fully saturated rings. The zero-order valence-electron chi connectivity index (χ0n) is 20.8. The van der Waals surface area contributed by atoms with E-state index in [9.17, 15) is 0 Å². The number of hydrogen-bond acceptors (Lipinski definition) is 6. The number of allylic oxidation sites excluding steroid dienone is 1. The largest absolute Gasteiger partial charge is 0.488 e. The van der Waals surface area contributed by atoms with Crippen LogP contribution in [-0.2, 0) is 19.6 Å². The number of aromatic nitrogens is 7. The van der Waals surface area contributed by atoms with Crippen LogP contribution in [0.3, 0.4) is 0 Å². The first-order valence-electron chi connectivity index (χ1n) is 12.2. The summed E-state index contributed by atoms with van der Waals surface area (Å²) in [5.41, 5.74) is 10.5. The molecule has 1 N–H and O–H groups in total. The number of fused-ring (bicyclic) bond motifs is 3. The van der Waals surface area contributed by atoms with Crippen molar-refractivity contribution in [3.05, 3.63) is 93.7 Å². The molecule has 0 aliphatic carbocycles. The summed E-state index contributed by atoms with van der Waals surface area (Å²) in [5.74, 6) is 2.52. The maximum atomic E-state index is 6.38. The zero-order valence-corrected chi connectivity index (χ0v) is 20.8. The summed E-state index contributed by atoms with van der Waals surface area (Å²) in [7, 11) is 0. The Morgan fingerprint density at radius 1 is 1.06 bits per heavy atom. The molecule has 2 aromatic carbocycles. The molecule has 0 radical (unpaired) electrons. The van der Waals surface area contributed by atoms with Gasteiger partial charge < -0.3 is 9.30 Å². The third-order valence-corrected chi connectivity index (χ3v) is 6.82. The van der Waals surface area contributed by atoms with Crippen molar-refractivity contribution >= 4 is 22.3 Å². The van der Waals surface area contributed by atoms with Crippen molar-refractivity contribution in [3.63, 3.8) is 0 Å². The number of pyridine rings is 1. The minimum Gasteiger partial charge on any atom is -0.488 e. The molecule has 36 heavy (non-hydrogen) atoms. The highest BCUT2D eigenvalue weighted by atomic mass is 16.5. The van der Waals surface area contributed by atoms with E-state index in [1.807, 2.05) is 19.9 Å². The molecule has 4 heterocycles. The lowest BCUT2D eigenvalue weighted by Gasteiger charge is -2.15. The van der Waals surface area contributed by atoms with E-state index in [1.54, 1.807) is 0 Å². The second kappa shape index (κ2) is 8.71. The first-order chi connectivity index (χ1) is 17.5. The van der Waals surface area contributed by atoms with E-state index in [1.165, 1.54) is 0 Å². The van der Waals surface area contributed by atoms with Gasteiger partial charge in [-0.25, -0.2) is 15.1 Å². The molecule has 0 saturated carbocycles. The van der Waals surface area contributed by atoms with Crippen LogP contribution in [0.25, 0.3) is 22.3 Å². The van der Waals surface area contributed by atoms with Gasteiger partial charge in [0.25, 0.3) is 0 Å². The van der Waals surface area contributed by atoms with Crippen molar-refractivity contribution in [1.82, 2.24) is 35.2 Å². The summed E-state index contributed by atoms with van der Waals surface area (Å²) in [4.78, 5) is 9.73. The summed E-state index contributed by atoms with van der Waals surface area (Å²) < 4.78 is 8.61. The normalized spacial score (nSPS) is 14.2. The number of benzene rings is 2. The van der Waals surface area contributed by atoms with Gasteiger partial charge in [0.05, 0.1) is 6.54 Å². The maximum Gasteiger partial charge on any atom is 0.175 e. The highest BCUT2D eigenvalue weighted by molar-refractivity contribution is 5.99. The smallest absolute Gasteiger partial charge is 0.175 e. The molecular formula is C28H27N7O. The first-order valence-corrected chi connectivity index (χ1v) is 12.2. The van der Waals surface area contributed by atoms with E-state index < -0.39 is 0 Å². The lowest BCUT2D eigenvalue weighted by molar-refractivity contribution is 0.307. The van der Waals surface area contributed by atoms with Gasteiger partial charge >= 0.3 is 0 Å². The Morgan fingerprint density at radius 2 is 1.92 bits per heavy atom. The molecule has 180 valence electrons. The van der Waals surface area contributed by atoms with Crippen LogP contribution >= 0.6 is 0 Å². The Hall–Kier alpha value is -4.33. The van der Waals surface area contributed by atoms with Crippen molar-refractivity contribution in [2.24, 2.45) is 0 Å². The number of ether oxygens (including phenoxy) is 1. The fourth-order valence-electron chi connectivity index (χ4n) is 5.09. The van der Waals surface area contributed by atoms with E-state index in [0.29, 0.717) is 19.0 Å². The number of rotatable bonds is 4. The van der Waals surface area contributed by atoms with Gasteiger partial charge in [-0.05, 0) is 71.2 Å². The van der Waals surface area contributed by atoms with E-state index in [0.717, 1.165) is 73.8 Å². The zero-order chi connectivity index (χ0) is 24.8. The highest BCUT2D eigenvalue weighted by Crippen LogP contribution is 2.41. The molecule has 0 amide bonds. The standard InChI is InChI=1S/C28H27N7O/c1-5-24-30-26-16(2)12-17(3)29-28(26)35(24)14-19-10-11-22-23(13-19)36-15-20-8-6-7-9-21(20)25(22)18(4)27-31-33-34-32-27/h6-13H,5,14-15H2,1-4H3,(H,31,32,33,34)/b25-18-. The summed E-state index contributed by atoms with van der Waals surface area (Å²) in [5, 5.41) is 14.6. The topological polar surface area (TPSA) is 94.4 Å². The van der Waals surface area contributed by atoms with Crippen LogP contribution in [0.1, 0.15) is 59.0 Å². The fraction of sp³-hybridized carbons (Fsp3) is 0.250. The third kappa shape index (κ3) is 3.66. The predicted octanol–water partition coefficient (Wildman–Crippen LogP) is 5.04. The van der Waals surface area contributed by atoms with E-state index in [-0.39, 0.29) is 0 Å². The monoisotopic (exact) mass is 477 g/mol. The van der Waals surface area contributed by atoms with Crippen LogP contribution < -0.4 is 4.74 Å². The molecule has 8 heteroatoms. The Bertz CT molecular complexity index is 1630. The van der Waals surface area contributed by atoms with Gasteiger partial charge in [-0.1, -0.05) is 43.3 Å². The predicted molar refractivity (Wildman–Crippen MR) is 138 cm³/mol. The number of nitrogens with zero attached hydrogens (tertiary/aromatic N) is 6. The molecule has 0 unspecified atom stereocenters. The molecule has 0 saturated heterocycles. The number of nitrogens with one attached hydrogen (secondary N) is 1. The number of aromatic amines is 1. The Labute approximate surface area is 209 Å². The lowest BCUT2D eigenvalue weighted by Crippen LogP contribution is -2.06. The molecule has 1 aliphatic rings. The summed E-state index contributed by atoms with van der Waals surface area (Å²) >= 11 is 0. The van der Waals surface area contributed by atoms with Gasteiger partial charge in [0.1, 0.15) is 23.7 Å².